The number of rotatable bonds is 3. The Morgan fingerprint density at radius 1 is 1.00 bits per heavy atom. The lowest BCUT2D eigenvalue weighted by atomic mass is 10.0. The van der Waals surface area contributed by atoms with Gasteiger partial charge in [-0.2, -0.15) is 0 Å². The van der Waals surface area contributed by atoms with E-state index >= 15 is 0 Å². The second-order valence-corrected chi connectivity index (χ2v) is 4.91. The molecule has 2 aromatic carbocycles. The molecule has 0 fully saturated rings. The minimum absolute atomic E-state index is 0.325. The van der Waals surface area contributed by atoms with Crippen molar-refractivity contribution in [2.45, 2.75) is 6.92 Å². The molecule has 108 valence electrons. The van der Waals surface area contributed by atoms with Gasteiger partial charge in [0.2, 0.25) is 0 Å². The van der Waals surface area contributed by atoms with Gasteiger partial charge in [0.1, 0.15) is 5.75 Å². The highest BCUT2D eigenvalue weighted by atomic mass is 16.5. The highest BCUT2D eigenvalue weighted by Crippen LogP contribution is 2.30. The summed E-state index contributed by atoms with van der Waals surface area (Å²) in [4.78, 5) is 15.3. The minimum Gasteiger partial charge on any atom is -0.426 e. The fourth-order valence-corrected chi connectivity index (χ4v) is 2.35. The molecule has 22 heavy (non-hydrogen) atoms. The van der Waals surface area contributed by atoms with Crippen LogP contribution in [0.3, 0.4) is 0 Å². The number of pyridine rings is 1. The van der Waals surface area contributed by atoms with E-state index in [0.29, 0.717) is 5.75 Å². The van der Waals surface area contributed by atoms with Gasteiger partial charge in [-0.25, -0.2) is 0 Å². The number of hydrogen-bond acceptors (Lipinski definition) is 3. The second kappa shape index (κ2) is 6.22. The molecule has 3 rings (SSSR count). The van der Waals surface area contributed by atoms with Gasteiger partial charge in [0.15, 0.2) is 0 Å². The van der Waals surface area contributed by atoms with E-state index in [0.717, 1.165) is 21.9 Å². The number of hydrogen-bond donors (Lipinski definition) is 0. The van der Waals surface area contributed by atoms with Crippen LogP contribution in [0, 0.1) is 0 Å². The number of benzene rings is 2. The van der Waals surface area contributed by atoms with Gasteiger partial charge in [-0.3, -0.25) is 9.78 Å². The van der Waals surface area contributed by atoms with Gasteiger partial charge >= 0.3 is 5.97 Å². The predicted octanol–water partition coefficient (Wildman–Crippen LogP) is 4.33. The number of fused-ring (bicyclic) bond motifs is 1. The molecule has 0 N–H and O–H groups in total. The summed E-state index contributed by atoms with van der Waals surface area (Å²) < 4.78 is 5.34. The smallest absolute Gasteiger partial charge is 0.308 e. The van der Waals surface area contributed by atoms with Gasteiger partial charge in [-0.1, -0.05) is 42.5 Å². The number of carbonyl (C=O) groups excluding carboxylic acids is 1. The van der Waals surface area contributed by atoms with Gasteiger partial charge < -0.3 is 4.74 Å². The Balaban J connectivity index is 2.11. The first-order valence-corrected chi connectivity index (χ1v) is 7.02. The standard InChI is InChI=1S/C19H15NO2/c1-14(21)22-19-9-7-16-4-2-3-5-17(16)18(19)8-6-15-10-12-20-13-11-15/h2-13H,1H3/b8-6+. The molecule has 0 aliphatic heterocycles. The van der Waals surface area contributed by atoms with Crippen molar-refractivity contribution >= 4 is 28.9 Å². The van der Waals surface area contributed by atoms with Crippen LogP contribution in [0.15, 0.2) is 60.9 Å². The van der Waals surface area contributed by atoms with Crippen LogP contribution in [0.25, 0.3) is 22.9 Å². The van der Waals surface area contributed by atoms with Crippen molar-refractivity contribution in [2.24, 2.45) is 0 Å². The summed E-state index contributed by atoms with van der Waals surface area (Å²) in [5.41, 5.74) is 1.93. The van der Waals surface area contributed by atoms with Crippen molar-refractivity contribution in [1.29, 1.82) is 0 Å². The van der Waals surface area contributed by atoms with Gasteiger partial charge in [0.25, 0.3) is 0 Å². The predicted molar refractivity (Wildman–Crippen MR) is 88.4 cm³/mol. The summed E-state index contributed by atoms with van der Waals surface area (Å²) in [6.45, 7) is 1.41. The van der Waals surface area contributed by atoms with Crippen molar-refractivity contribution in [3.63, 3.8) is 0 Å². The molecule has 0 atom stereocenters. The molecule has 0 aliphatic rings. The first kappa shape index (κ1) is 14.0. The highest BCUT2D eigenvalue weighted by molar-refractivity contribution is 5.96. The summed E-state index contributed by atoms with van der Waals surface area (Å²) in [6, 6.07) is 15.7. The van der Waals surface area contributed by atoms with Crippen molar-refractivity contribution < 1.29 is 9.53 Å². The molecule has 3 heteroatoms. The molecule has 0 saturated carbocycles. The van der Waals surface area contributed by atoms with Crippen LogP contribution >= 0.6 is 0 Å². The van der Waals surface area contributed by atoms with Crippen LogP contribution in [0.5, 0.6) is 5.75 Å². The Morgan fingerprint density at radius 3 is 2.55 bits per heavy atom. The quantitative estimate of drug-likeness (QED) is 0.532. The molecule has 1 aromatic heterocycles. The van der Waals surface area contributed by atoms with Crippen LogP contribution in [-0.4, -0.2) is 11.0 Å². The topological polar surface area (TPSA) is 39.2 Å². The lowest BCUT2D eigenvalue weighted by Gasteiger charge is -2.09. The average molecular weight is 289 g/mol. The summed E-state index contributed by atoms with van der Waals surface area (Å²) in [5, 5.41) is 2.15. The third-order valence-electron chi connectivity index (χ3n) is 3.33. The molecule has 0 radical (unpaired) electrons. The number of nitrogens with zero attached hydrogens (tertiary/aromatic N) is 1. The fourth-order valence-electron chi connectivity index (χ4n) is 2.35. The third kappa shape index (κ3) is 3.04. The maximum atomic E-state index is 11.3. The van der Waals surface area contributed by atoms with E-state index in [9.17, 15) is 4.79 Å². The minimum atomic E-state index is -0.325. The molecule has 0 amide bonds. The van der Waals surface area contributed by atoms with E-state index in [4.69, 9.17) is 4.74 Å². The molecule has 3 nitrogen and oxygen atoms in total. The Kier molecular flexibility index (Phi) is 3.97. The molecule has 0 aliphatic carbocycles. The highest BCUT2D eigenvalue weighted by Gasteiger charge is 2.08. The number of carbonyl (C=O) groups is 1. The lowest BCUT2D eigenvalue weighted by molar-refractivity contribution is -0.131. The van der Waals surface area contributed by atoms with E-state index in [-0.39, 0.29) is 5.97 Å². The maximum absolute atomic E-state index is 11.3. The Bertz CT molecular complexity index is 838. The van der Waals surface area contributed by atoms with Gasteiger partial charge in [0.05, 0.1) is 0 Å². The summed E-state index contributed by atoms with van der Waals surface area (Å²) >= 11 is 0. The Morgan fingerprint density at radius 2 is 1.77 bits per heavy atom. The van der Waals surface area contributed by atoms with Crippen molar-refractivity contribution in [3.05, 3.63) is 72.1 Å². The van der Waals surface area contributed by atoms with Crippen LogP contribution in [0.4, 0.5) is 0 Å². The zero-order valence-electron chi connectivity index (χ0n) is 12.2. The van der Waals surface area contributed by atoms with Crippen molar-refractivity contribution in [1.82, 2.24) is 4.98 Å². The lowest BCUT2D eigenvalue weighted by Crippen LogP contribution is -2.02. The number of aromatic nitrogens is 1. The monoisotopic (exact) mass is 289 g/mol. The van der Waals surface area contributed by atoms with Crippen LogP contribution in [0.1, 0.15) is 18.1 Å². The molecule has 0 unspecified atom stereocenters. The van der Waals surface area contributed by atoms with E-state index < -0.39 is 0 Å². The summed E-state index contributed by atoms with van der Waals surface area (Å²) in [6.07, 6.45) is 7.44. The fraction of sp³-hybridized carbons (Fsp3) is 0.0526. The van der Waals surface area contributed by atoms with Gasteiger partial charge in [-0.15, -0.1) is 0 Å². The summed E-state index contributed by atoms with van der Waals surface area (Å²) in [7, 11) is 0. The van der Waals surface area contributed by atoms with E-state index in [2.05, 4.69) is 4.98 Å². The maximum Gasteiger partial charge on any atom is 0.308 e. The average Bonchev–Trinajstić information content (AvgIpc) is 2.54. The Labute approximate surface area is 128 Å². The second-order valence-electron chi connectivity index (χ2n) is 4.91. The van der Waals surface area contributed by atoms with Crippen molar-refractivity contribution in [3.8, 4) is 5.75 Å². The largest absolute Gasteiger partial charge is 0.426 e. The molecule has 1 heterocycles. The van der Waals surface area contributed by atoms with E-state index in [1.165, 1.54) is 6.92 Å². The van der Waals surface area contributed by atoms with E-state index in [1.807, 2.05) is 60.7 Å². The van der Waals surface area contributed by atoms with Crippen LogP contribution in [-0.2, 0) is 4.79 Å². The summed E-state index contributed by atoms with van der Waals surface area (Å²) in [5.74, 6) is 0.241. The van der Waals surface area contributed by atoms with Crippen molar-refractivity contribution in [2.75, 3.05) is 0 Å². The molecule has 0 spiro atoms. The van der Waals surface area contributed by atoms with Gasteiger partial charge in [-0.05, 0) is 34.5 Å². The molecule has 3 aromatic rings. The van der Waals surface area contributed by atoms with Crippen LogP contribution in [0.2, 0.25) is 0 Å². The zero-order valence-corrected chi connectivity index (χ0v) is 12.2. The first-order chi connectivity index (χ1) is 10.7. The molecular weight excluding hydrogens is 274 g/mol. The normalized spacial score (nSPS) is 11.0. The third-order valence-corrected chi connectivity index (χ3v) is 3.33. The Hall–Kier alpha value is -2.94. The van der Waals surface area contributed by atoms with E-state index in [1.54, 1.807) is 12.4 Å². The number of esters is 1. The van der Waals surface area contributed by atoms with Crippen LogP contribution < -0.4 is 4.74 Å². The SMILES string of the molecule is CC(=O)Oc1ccc2ccccc2c1/C=C/c1ccncc1. The van der Waals surface area contributed by atoms with Gasteiger partial charge in [0, 0.05) is 24.9 Å². The molecule has 0 saturated heterocycles. The first-order valence-electron chi connectivity index (χ1n) is 7.02. The molecular formula is C19H15NO2. The molecule has 0 bridgehead atoms. The number of ether oxygens (including phenoxy) is 1. The zero-order chi connectivity index (χ0) is 15.4.